The van der Waals surface area contributed by atoms with Crippen LogP contribution in [0, 0.1) is 5.82 Å². The van der Waals surface area contributed by atoms with Crippen LogP contribution in [0.4, 0.5) is 14.9 Å². The first-order chi connectivity index (χ1) is 15.2. The summed E-state index contributed by atoms with van der Waals surface area (Å²) in [5, 5.41) is 7.60. The van der Waals surface area contributed by atoms with Crippen molar-refractivity contribution in [3.63, 3.8) is 0 Å². The number of halogens is 1. The zero-order valence-corrected chi connectivity index (χ0v) is 16.3. The lowest BCUT2D eigenvalue weighted by Gasteiger charge is -2.15. The molecule has 1 fully saturated rings. The first-order valence-corrected chi connectivity index (χ1v) is 9.68. The average Bonchev–Trinajstić information content (AvgIpc) is 3.44. The highest BCUT2D eigenvalue weighted by Crippen LogP contribution is 2.29. The molecule has 1 amide bonds. The topological polar surface area (TPSA) is 107 Å². The van der Waals surface area contributed by atoms with Crippen LogP contribution in [-0.2, 0) is 16.1 Å². The lowest BCUT2D eigenvalue weighted by molar-refractivity contribution is 0.0824. The van der Waals surface area contributed by atoms with Gasteiger partial charge in [-0.25, -0.2) is 19.3 Å². The molecule has 1 saturated heterocycles. The molecule has 2 aliphatic rings. The van der Waals surface area contributed by atoms with Crippen molar-refractivity contribution in [3.05, 3.63) is 60.4 Å². The summed E-state index contributed by atoms with van der Waals surface area (Å²) in [6, 6.07) is 8.14. The number of carbonyl (C=O) groups is 1. The highest BCUT2D eigenvalue weighted by molar-refractivity contribution is 5.96. The van der Waals surface area contributed by atoms with Crippen molar-refractivity contribution in [2.45, 2.75) is 12.6 Å². The third-order valence-electron chi connectivity index (χ3n) is 4.95. The molecule has 2 aliphatic heterocycles. The average molecular weight is 423 g/mol. The van der Waals surface area contributed by atoms with E-state index in [-0.39, 0.29) is 0 Å². The first-order valence-electron chi connectivity index (χ1n) is 9.68. The van der Waals surface area contributed by atoms with Crippen LogP contribution in [0.5, 0.6) is 0 Å². The number of pyridine rings is 1. The van der Waals surface area contributed by atoms with E-state index < -0.39 is 18.0 Å². The molecule has 0 aliphatic carbocycles. The summed E-state index contributed by atoms with van der Waals surface area (Å²) in [5.74, 6) is 0.0812. The zero-order valence-electron chi connectivity index (χ0n) is 16.3. The second-order valence-corrected chi connectivity index (χ2v) is 7.02. The van der Waals surface area contributed by atoms with Crippen molar-refractivity contribution in [2.75, 3.05) is 24.6 Å². The number of hydrogen-bond donors (Lipinski definition) is 1. The Hall–Kier alpha value is -3.86. The van der Waals surface area contributed by atoms with E-state index in [1.165, 1.54) is 11.0 Å². The van der Waals surface area contributed by atoms with Crippen molar-refractivity contribution < 1.29 is 18.8 Å². The van der Waals surface area contributed by atoms with Gasteiger partial charge in [-0.2, -0.15) is 0 Å². The van der Waals surface area contributed by atoms with Crippen molar-refractivity contribution in [1.29, 1.82) is 0 Å². The normalized spacial score (nSPS) is 18.5. The largest absolute Gasteiger partial charge is 0.442 e. The van der Waals surface area contributed by atoms with Gasteiger partial charge in [0.15, 0.2) is 5.84 Å². The minimum Gasteiger partial charge on any atom is -0.442 e. The minimum absolute atomic E-state index is 0.297. The fourth-order valence-corrected chi connectivity index (χ4v) is 3.45. The smallest absolute Gasteiger partial charge is 0.414 e. The highest BCUT2D eigenvalue weighted by atomic mass is 19.1. The summed E-state index contributed by atoms with van der Waals surface area (Å²) in [6.45, 7) is 1.74. The Morgan fingerprint density at radius 3 is 2.90 bits per heavy atom. The Morgan fingerprint density at radius 1 is 1.26 bits per heavy atom. The van der Waals surface area contributed by atoms with E-state index in [2.05, 4.69) is 25.8 Å². The quantitative estimate of drug-likeness (QED) is 0.667. The standard InChI is InChI=1S/C20H18FN7O3/c21-17-9-14(28-12-15(31-20(28)29)11-27-7-5-24-26-27)2-3-16(17)13-1-4-18(23-10-13)19-22-6-8-30-25-19/h1-5,7,9-10,15H,6,8,11-12H2,(H,22,25). The molecule has 3 aromatic rings. The summed E-state index contributed by atoms with van der Waals surface area (Å²) >= 11 is 0. The van der Waals surface area contributed by atoms with Gasteiger partial charge in [0.05, 0.1) is 38.1 Å². The fourth-order valence-electron chi connectivity index (χ4n) is 3.45. The number of anilines is 1. The second kappa shape index (κ2) is 8.11. The van der Waals surface area contributed by atoms with E-state index in [1.54, 1.807) is 47.5 Å². The lowest BCUT2D eigenvalue weighted by Crippen LogP contribution is -2.31. The number of cyclic esters (lactones) is 1. The van der Waals surface area contributed by atoms with Crippen LogP contribution in [0.2, 0.25) is 0 Å². The van der Waals surface area contributed by atoms with Crippen LogP contribution in [-0.4, -0.2) is 57.7 Å². The zero-order chi connectivity index (χ0) is 21.2. The molecule has 1 atom stereocenters. The van der Waals surface area contributed by atoms with Crippen molar-refractivity contribution in [1.82, 2.24) is 25.5 Å². The third-order valence-corrected chi connectivity index (χ3v) is 4.95. The monoisotopic (exact) mass is 423 g/mol. The number of hydrogen-bond acceptors (Lipinski definition) is 8. The van der Waals surface area contributed by atoms with Crippen molar-refractivity contribution >= 4 is 17.6 Å². The molecule has 0 radical (unpaired) electrons. The van der Waals surface area contributed by atoms with Gasteiger partial charge in [-0.1, -0.05) is 11.3 Å². The Kier molecular flexibility index (Phi) is 5.00. The van der Waals surface area contributed by atoms with Crippen molar-refractivity contribution in [3.8, 4) is 11.1 Å². The van der Waals surface area contributed by atoms with E-state index in [0.717, 1.165) is 0 Å². The molecular formula is C20H18FN7O3. The lowest BCUT2D eigenvalue weighted by atomic mass is 10.1. The molecule has 1 aromatic carbocycles. The van der Waals surface area contributed by atoms with E-state index in [9.17, 15) is 9.18 Å². The maximum absolute atomic E-state index is 14.9. The molecule has 0 bridgehead atoms. The molecule has 1 unspecified atom stereocenters. The fraction of sp³-hybridized carbons (Fsp3) is 0.250. The third kappa shape index (κ3) is 3.94. The molecule has 11 heteroatoms. The highest BCUT2D eigenvalue weighted by Gasteiger charge is 2.33. The predicted molar refractivity (Wildman–Crippen MR) is 108 cm³/mol. The number of aromatic nitrogens is 4. The number of amides is 1. The van der Waals surface area contributed by atoms with Crippen LogP contribution in [0.15, 0.2) is 53.9 Å². The molecule has 158 valence electrons. The predicted octanol–water partition coefficient (Wildman–Crippen LogP) is 1.79. The minimum atomic E-state index is -0.522. The second-order valence-electron chi connectivity index (χ2n) is 7.02. The van der Waals surface area contributed by atoms with Gasteiger partial charge < -0.3 is 4.74 Å². The van der Waals surface area contributed by atoms with E-state index in [4.69, 9.17) is 9.57 Å². The number of nitrogens with zero attached hydrogens (tertiary/aromatic N) is 6. The molecule has 0 saturated carbocycles. The van der Waals surface area contributed by atoms with Gasteiger partial charge in [0.1, 0.15) is 17.6 Å². The molecule has 0 spiro atoms. The van der Waals surface area contributed by atoms with Gasteiger partial charge in [-0.15, -0.1) is 5.10 Å². The number of carbonyl (C=O) groups excluding carboxylic acids is 1. The van der Waals surface area contributed by atoms with Gasteiger partial charge in [0.25, 0.3) is 0 Å². The van der Waals surface area contributed by atoms with Crippen LogP contribution < -0.4 is 10.4 Å². The van der Waals surface area contributed by atoms with Crippen LogP contribution in [0.3, 0.4) is 0 Å². The number of nitrogens with one attached hydrogen (secondary N) is 1. The van der Waals surface area contributed by atoms with E-state index in [1.807, 2.05) is 0 Å². The summed E-state index contributed by atoms with van der Waals surface area (Å²) < 4.78 is 21.8. The van der Waals surface area contributed by atoms with Gasteiger partial charge >= 0.3 is 6.09 Å². The molecule has 10 nitrogen and oxygen atoms in total. The molecule has 2 aromatic heterocycles. The van der Waals surface area contributed by atoms with Gasteiger partial charge in [0, 0.05) is 23.5 Å². The summed E-state index contributed by atoms with van der Waals surface area (Å²) in [5.41, 5.74) is 4.75. The van der Waals surface area contributed by atoms with Gasteiger partial charge in [0.2, 0.25) is 0 Å². The Morgan fingerprint density at radius 2 is 2.19 bits per heavy atom. The van der Waals surface area contributed by atoms with Crippen molar-refractivity contribution in [2.24, 2.45) is 4.99 Å². The number of amidine groups is 1. The van der Waals surface area contributed by atoms with E-state index in [0.29, 0.717) is 54.6 Å². The van der Waals surface area contributed by atoms with Crippen LogP contribution in [0.1, 0.15) is 5.69 Å². The summed E-state index contributed by atoms with van der Waals surface area (Å²) in [7, 11) is 0. The number of aliphatic imine (C=N–C) groups is 1. The molecule has 1 N–H and O–H groups in total. The molecule has 4 heterocycles. The maximum Gasteiger partial charge on any atom is 0.414 e. The van der Waals surface area contributed by atoms with E-state index >= 15 is 0 Å². The number of hydroxylamine groups is 1. The number of ether oxygens (including phenoxy) is 1. The summed E-state index contributed by atoms with van der Waals surface area (Å²) in [6.07, 6.45) is 3.90. The Balaban J connectivity index is 1.32. The molecule has 5 rings (SSSR count). The molecule has 31 heavy (non-hydrogen) atoms. The van der Waals surface area contributed by atoms with Crippen LogP contribution in [0.25, 0.3) is 11.1 Å². The first kappa shape index (κ1) is 19.1. The Labute approximate surface area is 176 Å². The number of rotatable bonds is 5. The SMILES string of the molecule is O=C1OC(Cn2ccnn2)CN1c1ccc(-c2ccc(C3=NCCON3)nc2)c(F)c1. The maximum atomic E-state index is 14.9. The number of benzene rings is 1. The van der Waals surface area contributed by atoms with Gasteiger partial charge in [-0.05, 0) is 24.3 Å². The Bertz CT molecular complexity index is 1120. The molecular weight excluding hydrogens is 405 g/mol. The summed E-state index contributed by atoms with van der Waals surface area (Å²) in [4.78, 5) is 27.5. The van der Waals surface area contributed by atoms with Gasteiger partial charge in [-0.3, -0.25) is 19.7 Å². The van der Waals surface area contributed by atoms with Crippen LogP contribution >= 0.6 is 0 Å².